The van der Waals surface area contributed by atoms with Crippen LogP contribution in [0.1, 0.15) is 0 Å². The average molecular weight is 329 g/mol. The number of fused-ring (bicyclic) bond motifs is 1. The minimum absolute atomic E-state index is 0.339. The molecule has 1 aromatic heterocycles. The van der Waals surface area contributed by atoms with Crippen molar-refractivity contribution in [2.45, 2.75) is 0 Å². The molecule has 0 spiro atoms. The van der Waals surface area contributed by atoms with Gasteiger partial charge in [0.1, 0.15) is 0 Å². The van der Waals surface area contributed by atoms with E-state index in [-0.39, 0.29) is 6.03 Å². The van der Waals surface area contributed by atoms with Gasteiger partial charge in [0.2, 0.25) is 0 Å². The first kappa shape index (κ1) is 15.1. The summed E-state index contributed by atoms with van der Waals surface area (Å²) in [6.07, 6.45) is 0. The van der Waals surface area contributed by atoms with Crippen LogP contribution in [0.5, 0.6) is 11.5 Å². The van der Waals surface area contributed by atoms with Crippen LogP contribution < -0.4 is 20.1 Å². The van der Waals surface area contributed by atoms with Crippen LogP contribution in [0.4, 0.5) is 15.6 Å². The number of para-hydroxylation sites is 1. The van der Waals surface area contributed by atoms with Crippen molar-refractivity contribution in [3.05, 3.63) is 42.5 Å². The minimum Gasteiger partial charge on any atom is -0.493 e. The molecule has 2 N–H and O–H groups in total. The molecular formula is C16H15N3O3S. The standard InChI is InChI=1S/C16H15N3O3S/c1-21-12-8-11-14(9-13(12)22-2)23-16(18-11)19-15(20)17-10-6-4-3-5-7-10/h3-9H,1-2H3,(H2,17,18,19,20). The van der Waals surface area contributed by atoms with Gasteiger partial charge < -0.3 is 14.8 Å². The number of rotatable bonds is 4. The maximum Gasteiger partial charge on any atom is 0.325 e. The van der Waals surface area contributed by atoms with E-state index in [4.69, 9.17) is 9.47 Å². The summed E-state index contributed by atoms with van der Waals surface area (Å²) in [6, 6.07) is 12.5. The molecule has 0 unspecified atom stereocenters. The van der Waals surface area contributed by atoms with E-state index in [1.165, 1.54) is 11.3 Å². The van der Waals surface area contributed by atoms with Crippen molar-refractivity contribution in [1.82, 2.24) is 4.98 Å². The first-order valence-corrected chi connectivity index (χ1v) is 7.67. The van der Waals surface area contributed by atoms with E-state index in [9.17, 15) is 4.79 Å². The van der Waals surface area contributed by atoms with Crippen LogP contribution in [0.2, 0.25) is 0 Å². The van der Waals surface area contributed by atoms with Gasteiger partial charge in [-0.2, -0.15) is 0 Å². The molecule has 0 aliphatic carbocycles. The number of hydrogen-bond donors (Lipinski definition) is 2. The molecule has 1 heterocycles. The highest BCUT2D eigenvalue weighted by atomic mass is 32.1. The Morgan fingerprint density at radius 1 is 1.04 bits per heavy atom. The lowest BCUT2D eigenvalue weighted by Crippen LogP contribution is -2.19. The number of carbonyl (C=O) groups is 1. The first-order chi connectivity index (χ1) is 11.2. The Hall–Kier alpha value is -2.80. The first-order valence-electron chi connectivity index (χ1n) is 6.85. The predicted octanol–water partition coefficient (Wildman–Crippen LogP) is 3.96. The topological polar surface area (TPSA) is 72.5 Å². The summed E-state index contributed by atoms with van der Waals surface area (Å²) in [5.41, 5.74) is 1.46. The lowest BCUT2D eigenvalue weighted by Gasteiger charge is -2.05. The Bertz CT molecular complexity index is 792. The number of urea groups is 1. The summed E-state index contributed by atoms with van der Waals surface area (Å²) in [7, 11) is 3.15. The Morgan fingerprint density at radius 2 is 1.74 bits per heavy atom. The SMILES string of the molecule is COc1cc2nc(NC(=O)Nc3ccccc3)sc2cc1OC. The highest BCUT2D eigenvalue weighted by Crippen LogP contribution is 2.36. The second kappa shape index (κ2) is 6.53. The second-order valence-electron chi connectivity index (χ2n) is 4.64. The van der Waals surface area contributed by atoms with Crippen molar-refractivity contribution in [2.24, 2.45) is 0 Å². The summed E-state index contributed by atoms with van der Waals surface area (Å²) < 4.78 is 11.4. The summed E-state index contributed by atoms with van der Waals surface area (Å²) in [6.45, 7) is 0. The maximum absolute atomic E-state index is 12.0. The number of nitrogens with one attached hydrogen (secondary N) is 2. The summed E-state index contributed by atoms with van der Waals surface area (Å²) in [5, 5.41) is 5.98. The molecule has 0 radical (unpaired) electrons. The second-order valence-corrected chi connectivity index (χ2v) is 5.67. The fourth-order valence-corrected chi connectivity index (χ4v) is 2.96. The maximum atomic E-state index is 12.0. The number of aromatic nitrogens is 1. The van der Waals surface area contributed by atoms with E-state index in [2.05, 4.69) is 15.6 Å². The molecule has 3 rings (SSSR count). The summed E-state index contributed by atoms with van der Waals surface area (Å²) in [4.78, 5) is 16.4. The van der Waals surface area contributed by atoms with Crippen LogP contribution >= 0.6 is 11.3 Å². The number of methoxy groups -OCH3 is 2. The van der Waals surface area contributed by atoms with Crippen LogP contribution in [-0.4, -0.2) is 25.2 Å². The number of ether oxygens (including phenoxy) is 2. The molecule has 0 atom stereocenters. The summed E-state index contributed by atoms with van der Waals surface area (Å²) >= 11 is 1.37. The molecular weight excluding hydrogens is 314 g/mol. The highest BCUT2D eigenvalue weighted by molar-refractivity contribution is 7.22. The van der Waals surface area contributed by atoms with Crippen LogP contribution in [0.15, 0.2) is 42.5 Å². The molecule has 0 bridgehead atoms. The lowest BCUT2D eigenvalue weighted by molar-refractivity contribution is 0.262. The Morgan fingerprint density at radius 3 is 2.43 bits per heavy atom. The average Bonchev–Trinajstić information content (AvgIpc) is 2.95. The molecule has 0 fully saturated rings. The van der Waals surface area contributed by atoms with E-state index in [1.54, 1.807) is 20.3 Å². The quantitative estimate of drug-likeness (QED) is 0.760. The molecule has 0 aliphatic heterocycles. The largest absolute Gasteiger partial charge is 0.493 e. The molecule has 23 heavy (non-hydrogen) atoms. The molecule has 0 aliphatic rings. The van der Waals surface area contributed by atoms with Crippen molar-refractivity contribution in [3.63, 3.8) is 0 Å². The van der Waals surface area contributed by atoms with Crippen molar-refractivity contribution < 1.29 is 14.3 Å². The Balaban J connectivity index is 1.79. The van der Waals surface area contributed by atoms with Gasteiger partial charge in [0.15, 0.2) is 16.6 Å². The number of thiazole rings is 1. The fraction of sp³-hybridized carbons (Fsp3) is 0.125. The number of anilines is 2. The van der Waals surface area contributed by atoms with E-state index in [0.29, 0.717) is 16.6 Å². The molecule has 6 nitrogen and oxygen atoms in total. The normalized spacial score (nSPS) is 10.3. The predicted molar refractivity (Wildman–Crippen MR) is 91.8 cm³/mol. The number of benzene rings is 2. The molecule has 2 aromatic carbocycles. The third-order valence-electron chi connectivity index (χ3n) is 3.15. The van der Waals surface area contributed by atoms with Gasteiger partial charge in [-0.3, -0.25) is 5.32 Å². The lowest BCUT2D eigenvalue weighted by atomic mass is 10.3. The summed E-state index contributed by atoms with van der Waals surface area (Å²) in [5.74, 6) is 1.23. The van der Waals surface area contributed by atoms with Gasteiger partial charge in [0.25, 0.3) is 0 Å². The Labute approximate surface area is 137 Å². The van der Waals surface area contributed by atoms with Crippen LogP contribution in [0.25, 0.3) is 10.2 Å². The smallest absolute Gasteiger partial charge is 0.325 e. The van der Waals surface area contributed by atoms with Gasteiger partial charge >= 0.3 is 6.03 Å². The third-order valence-corrected chi connectivity index (χ3v) is 4.08. The number of carbonyl (C=O) groups excluding carboxylic acids is 1. The minimum atomic E-state index is -0.339. The number of hydrogen-bond acceptors (Lipinski definition) is 5. The van der Waals surface area contributed by atoms with Gasteiger partial charge in [-0.1, -0.05) is 29.5 Å². The van der Waals surface area contributed by atoms with Crippen molar-refractivity contribution in [3.8, 4) is 11.5 Å². The van der Waals surface area contributed by atoms with Crippen LogP contribution in [0.3, 0.4) is 0 Å². The van der Waals surface area contributed by atoms with Crippen LogP contribution in [0, 0.1) is 0 Å². The van der Waals surface area contributed by atoms with Gasteiger partial charge in [0, 0.05) is 17.8 Å². The molecule has 7 heteroatoms. The molecule has 2 amide bonds. The van der Waals surface area contributed by atoms with Gasteiger partial charge in [0.05, 0.1) is 24.4 Å². The van der Waals surface area contributed by atoms with Crippen molar-refractivity contribution >= 4 is 38.4 Å². The van der Waals surface area contributed by atoms with Crippen molar-refractivity contribution in [1.29, 1.82) is 0 Å². The fourth-order valence-electron chi connectivity index (χ4n) is 2.09. The Kier molecular flexibility index (Phi) is 4.29. The van der Waals surface area contributed by atoms with E-state index in [0.717, 1.165) is 15.9 Å². The van der Waals surface area contributed by atoms with Crippen molar-refractivity contribution in [2.75, 3.05) is 24.9 Å². The third kappa shape index (κ3) is 3.35. The molecule has 0 saturated heterocycles. The molecule has 3 aromatic rings. The van der Waals surface area contributed by atoms with Gasteiger partial charge in [-0.05, 0) is 12.1 Å². The van der Waals surface area contributed by atoms with Gasteiger partial charge in [-0.25, -0.2) is 9.78 Å². The molecule has 0 saturated carbocycles. The van der Waals surface area contributed by atoms with E-state index >= 15 is 0 Å². The zero-order chi connectivity index (χ0) is 16.2. The van der Waals surface area contributed by atoms with Gasteiger partial charge in [-0.15, -0.1) is 0 Å². The molecule has 118 valence electrons. The number of nitrogens with zero attached hydrogens (tertiary/aromatic N) is 1. The van der Waals surface area contributed by atoms with E-state index in [1.807, 2.05) is 36.4 Å². The zero-order valence-corrected chi connectivity index (χ0v) is 13.4. The number of amides is 2. The van der Waals surface area contributed by atoms with Crippen LogP contribution in [-0.2, 0) is 0 Å². The zero-order valence-electron chi connectivity index (χ0n) is 12.6. The highest BCUT2D eigenvalue weighted by Gasteiger charge is 2.12. The van der Waals surface area contributed by atoms with E-state index < -0.39 is 0 Å². The monoisotopic (exact) mass is 329 g/mol.